The van der Waals surface area contributed by atoms with E-state index in [4.69, 9.17) is 0 Å². The van der Waals surface area contributed by atoms with Gasteiger partial charge in [-0.1, -0.05) is 30.3 Å². The van der Waals surface area contributed by atoms with Gasteiger partial charge in [-0.2, -0.15) is 0 Å². The molecule has 1 amide bonds. The molecule has 0 aliphatic heterocycles. The predicted octanol–water partition coefficient (Wildman–Crippen LogP) is 2.00. The highest BCUT2D eigenvalue weighted by Crippen LogP contribution is 2.31. The molecule has 114 valence electrons. The van der Waals surface area contributed by atoms with E-state index in [9.17, 15) is 9.59 Å². The van der Waals surface area contributed by atoms with Crippen molar-refractivity contribution in [3.05, 3.63) is 69.6 Å². The van der Waals surface area contributed by atoms with Crippen LogP contribution in [0.3, 0.4) is 0 Å². The number of carbonyl (C=O) groups is 1. The average Bonchev–Trinajstić information content (AvgIpc) is 2.93. The number of rotatable bonds is 4. The molecule has 1 aliphatic carbocycles. The molecule has 1 aromatic heterocycles. The van der Waals surface area contributed by atoms with Crippen LogP contribution in [0.2, 0.25) is 0 Å². The average molecular weight is 296 g/mol. The summed E-state index contributed by atoms with van der Waals surface area (Å²) in [6.45, 7) is 2.47. The van der Waals surface area contributed by atoms with Crippen molar-refractivity contribution in [1.82, 2.24) is 9.88 Å². The van der Waals surface area contributed by atoms with Gasteiger partial charge in [0.1, 0.15) is 6.54 Å². The minimum Gasteiger partial charge on any atom is -0.354 e. The molecule has 1 atom stereocenters. The van der Waals surface area contributed by atoms with Crippen LogP contribution >= 0.6 is 0 Å². The number of benzene rings is 1. The normalized spacial score (nSPS) is 16.3. The molecule has 1 N–H and O–H groups in total. The van der Waals surface area contributed by atoms with Crippen molar-refractivity contribution in [2.75, 3.05) is 6.54 Å². The van der Waals surface area contributed by atoms with E-state index in [2.05, 4.69) is 23.5 Å². The molecule has 3 rings (SSSR count). The van der Waals surface area contributed by atoms with Crippen molar-refractivity contribution in [3.8, 4) is 0 Å². The Morgan fingerprint density at radius 1 is 1.27 bits per heavy atom. The lowest BCUT2D eigenvalue weighted by atomic mass is 10.0. The Bertz CT molecular complexity index is 749. The minimum atomic E-state index is -0.114. The fourth-order valence-electron chi connectivity index (χ4n) is 3.09. The number of aryl methyl sites for hydroxylation is 2. The number of pyridine rings is 1. The van der Waals surface area contributed by atoms with Crippen LogP contribution in [0, 0.1) is 6.92 Å². The molecule has 22 heavy (non-hydrogen) atoms. The fourth-order valence-corrected chi connectivity index (χ4v) is 3.09. The van der Waals surface area contributed by atoms with Crippen molar-refractivity contribution < 1.29 is 4.79 Å². The minimum absolute atomic E-state index is 0.0783. The lowest BCUT2D eigenvalue weighted by Gasteiger charge is -2.13. The fraction of sp³-hybridized carbons (Fsp3) is 0.333. The summed E-state index contributed by atoms with van der Waals surface area (Å²) in [6, 6.07) is 12.0. The van der Waals surface area contributed by atoms with Gasteiger partial charge in [-0.15, -0.1) is 0 Å². The van der Waals surface area contributed by atoms with Gasteiger partial charge in [0.05, 0.1) is 0 Å². The largest absolute Gasteiger partial charge is 0.354 e. The Hall–Kier alpha value is -2.36. The number of nitrogens with one attached hydrogen (secondary N) is 1. The van der Waals surface area contributed by atoms with Crippen molar-refractivity contribution in [2.24, 2.45) is 0 Å². The molecule has 4 nitrogen and oxygen atoms in total. The number of hydrogen-bond acceptors (Lipinski definition) is 2. The molecule has 0 bridgehead atoms. The van der Waals surface area contributed by atoms with Gasteiger partial charge in [0.25, 0.3) is 5.56 Å². The number of hydrogen-bond donors (Lipinski definition) is 1. The lowest BCUT2D eigenvalue weighted by molar-refractivity contribution is -0.121. The van der Waals surface area contributed by atoms with E-state index in [0.717, 1.165) is 12.8 Å². The summed E-state index contributed by atoms with van der Waals surface area (Å²) >= 11 is 0. The molecular formula is C18H20N2O2. The summed E-state index contributed by atoms with van der Waals surface area (Å²) < 4.78 is 1.45. The van der Waals surface area contributed by atoms with Crippen LogP contribution in [0.5, 0.6) is 0 Å². The Labute approximate surface area is 129 Å². The van der Waals surface area contributed by atoms with Gasteiger partial charge >= 0.3 is 0 Å². The zero-order chi connectivity index (χ0) is 15.5. The van der Waals surface area contributed by atoms with E-state index < -0.39 is 0 Å². The van der Waals surface area contributed by atoms with Crippen LogP contribution in [0.1, 0.15) is 29.0 Å². The molecule has 0 saturated carbocycles. The lowest BCUT2D eigenvalue weighted by Crippen LogP contribution is -2.34. The first-order valence-corrected chi connectivity index (χ1v) is 7.65. The molecule has 1 heterocycles. The summed E-state index contributed by atoms with van der Waals surface area (Å²) in [5.41, 5.74) is 3.27. The highest BCUT2D eigenvalue weighted by atomic mass is 16.2. The summed E-state index contributed by atoms with van der Waals surface area (Å²) in [5.74, 6) is 0.270. The number of fused-ring (bicyclic) bond motifs is 1. The standard InChI is InChI=1S/C18H20N2O2/c1-13-5-4-10-20(18(13)22)12-17(21)19-11-15-9-8-14-6-2-3-7-16(14)15/h2-7,10,15H,8-9,11-12H2,1H3,(H,19,21). The van der Waals surface area contributed by atoms with Gasteiger partial charge in [-0.25, -0.2) is 0 Å². The van der Waals surface area contributed by atoms with E-state index in [0.29, 0.717) is 18.0 Å². The number of carbonyl (C=O) groups excluding carboxylic acids is 1. The van der Waals surface area contributed by atoms with Crippen molar-refractivity contribution >= 4 is 5.91 Å². The SMILES string of the molecule is Cc1cccn(CC(=O)NCC2CCc3ccccc32)c1=O. The summed E-state index contributed by atoms with van der Waals surface area (Å²) in [5, 5.41) is 2.96. The molecule has 0 fully saturated rings. The van der Waals surface area contributed by atoms with Crippen LogP contribution in [0.15, 0.2) is 47.4 Å². The monoisotopic (exact) mass is 296 g/mol. The van der Waals surface area contributed by atoms with Crippen LogP contribution in [0.4, 0.5) is 0 Å². The molecule has 2 aromatic rings. The van der Waals surface area contributed by atoms with Crippen molar-refractivity contribution in [2.45, 2.75) is 32.2 Å². The molecule has 0 spiro atoms. The Morgan fingerprint density at radius 3 is 2.95 bits per heavy atom. The van der Waals surface area contributed by atoms with Crippen molar-refractivity contribution in [1.29, 1.82) is 0 Å². The smallest absolute Gasteiger partial charge is 0.253 e. The maximum absolute atomic E-state index is 12.1. The Morgan fingerprint density at radius 2 is 2.09 bits per heavy atom. The number of aromatic nitrogens is 1. The first-order valence-electron chi connectivity index (χ1n) is 7.65. The highest BCUT2D eigenvalue weighted by Gasteiger charge is 2.22. The third kappa shape index (κ3) is 2.96. The summed E-state index contributed by atoms with van der Waals surface area (Å²) in [4.78, 5) is 24.0. The third-order valence-corrected chi connectivity index (χ3v) is 4.33. The van der Waals surface area contributed by atoms with Crippen molar-refractivity contribution in [3.63, 3.8) is 0 Å². The topological polar surface area (TPSA) is 51.1 Å². The first-order chi connectivity index (χ1) is 10.6. The maximum atomic E-state index is 12.1. The summed E-state index contributed by atoms with van der Waals surface area (Å²) in [7, 11) is 0. The second-order valence-corrected chi connectivity index (χ2v) is 5.86. The molecule has 1 aromatic carbocycles. The highest BCUT2D eigenvalue weighted by molar-refractivity contribution is 5.75. The van der Waals surface area contributed by atoms with E-state index in [1.807, 2.05) is 6.07 Å². The van der Waals surface area contributed by atoms with E-state index in [-0.39, 0.29) is 18.0 Å². The van der Waals surface area contributed by atoms with Gasteiger partial charge in [-0.05, 0) is 37.0 Å². The van der Waals surface area contributed by atoms with Gasteiger partial charge in [0, 0.05) is 24.2 Å². The Kier molecular flexibility index (Phi) is 4.09. The van der Waals surface area contributed by atoms with Crippen LogP contribution in [-0.2, 0) is 17.8 Å². The van der Waals surface area contributed by atoms with E-state index in [1.54, 1.807) is 25.3 Å². The number of nitrogens with zero attached hydrogens (tertiary/aromatic N) is 1. The van der Waals surface area contributed by atoms with Crippen LogP contribution in [0.25, 0.3) is 0 Å². The third-order valence-electron chi connectivity index (χ3n) is 4.33. The second-order valence-electron chi connectivity index (χ2n) is 5.86. The quantitative estimate of drug-likeness (QED) is 0.938. The first kappa shape index (κ1) is 14.6. The molecule has 4 heteroatoms. The molecular weight excluding hydrogens is 276 g/mol. The number of amides is 1. The van der Waals surface area contributed by atoms with Gasteiger partial charge in [0.15, 0.2) is 0 Å². The molecule has 0 saturated heterocycles. The van der Waals surface area contributed by atoms with E-state index >= 15 is 0 Å². The Balaban J connectivity index is 1.60. The summed E-state index contributed by atoms with van der Waals surface area (Å²) in [6.07, 6.45) is 3.80. The molecule has 1 unspecified atom stereocenters. The van der Waals surface area contributed by atoms with Gasteiger partial charge in [0.2, 0.25) is 5.91 Å². The zero-order valence-corrected chi connectivity index (χ0v) is 12.7. The van der Waals surface area contributed by atoms with Crippen LogP contribution < -0.4 is 10.9 Å². The molecule has 0 radical (unpaired) electrons. The maximum Gasteiger partial charge on any atom is 0.253 e. The zero-order valence-electron chi connectivity index (χ0n) is 12.7. The second kappa shape index (κ2) is 6.18. The van der Waals surface area contributed by atoms with Gasteiger partial charge in [-0.3, -0.25) is 9.59 Å². The van der Waals surface area contributed by atoms with Crippen LogP contribution in [-0.4, -0.2) is 17.0 Å². The molecule has 1 aliphatic rings. The van der Waals surface area contributed by atoms with Gasteiger partial charge < -0.3 is 9.88 Å². The predicted molar refractivity (Wildman–Crippen MR) is 86.0 cm³/mol. The van der Waals surface area contributed by atoms with E-state index in [1.165, 1.54) is 15.7 Å².